The lowest BCUT2D eigenvalue weighted by molar-refractivity contribution is -0.420. The lowest BCUT2D eigenvalue weighted by Crippen LogP contribution is -2.03. The lowest BCUT2D eigenvalue weighted by Gasteiger charge is -2.09. The standard InChI is InChI=1S/C11H15NO2/c1-8-4-6-9(2)10(3)11(7-5-8)12(13)14/h5,7H,4,6H2,1-3H3. The number of allylic oxidation sites excluding steroid dienone is 5. The van der Waals surface area contributed by atoms with Gasteiger partial charge in [-0.25, -0.2) is 0 Å². The molecule has 0 aliphatic heterocycles. The van der Waals surface area contributed by atoms with Crippen LogP contribution in [0.3, 0.4) is 0 Å². The second-order valence-electron chi connectivity index (χ2n) is 3.73. The van der Waals surface area contributed by atoms with Gasteiger partial charge in [-0.15, -0.1) is 0 Å². The Kier molecular flexibility index (Phi) is 3.23. The normalized spacial score (nSPS) is 18.2. The zero-order valence-corrected chi connectivity index (χ0v) is 8.83. The van der Waals surface area contributed by atoms with Gasteiger partial charge in [-0.3, -0.25) is 10.1 Å². The molecule has 0 amide bonds. The van der Waals surface area contributed by atoms with Crippen LogP contribution in [0.25, 0.3) is 0 Å². The van der Waals surface area contributed by atoms with Crippen LogP contribution in [0, 0.1) is 10.1 Å². The van der Waals surface area contributed by atoms with Crippen LogP contribution in [0.2, 0.25) is 0 Å². The minimum Gasteiger partial charge on any atom is -0.258 e. The molecule has 1 rings (SSSR count). The Morgan fingerprint density at radius 1 is 1.21 bits per heavy atom. The lowest BCUT2D eigenvalue weighted by atomic mass is 9.98. The molecule has 0 aromatic rings. The molecular formula is C11H15NO2. The van der Waals surface area contributed by atoms with Crippen LogP contribution < -0.4 is 0 Å². The Morgan fingerprint density at radius 2 is 1.86 bits per heavy atom. The molecule has 0 N–H and O–H groups in total. The van der Waals surface area contributed by atoms with Gasteiger partial charge in [-0.1, -0.05) is 17.2 Å². The summed E-state index contributed by atoms with van der Waals surface area (Å²) in [5, 5.41) is 10.8. The number of nitro groups is 1. The Hall–Kier alpha value is -1.38. The molecule has 0 saturated carbocycles. The van der Waals surface area contributed by atoms with E-state index in [-0.39, 0.29) is 10.6 Å². The van der Waals surface area contributed by atoms with Crippen molar-refractivity contribution in [3.05, 3.63) is 44.7 Å². The van der Waals surface area contributed by atoms with Crippen LogP contribution in [0.15, 0.2) is 34.6 Å². The maximum atomic E-state index is 10.8. The third-order valence-electron chi connectivity index (χ3n) is 2.64. The molecule has 3 nitrogen and oxygen atoms in total. The Balaban J connectivity index is 3.17. The topological polar surface area (TPSA) is 43.1 Å². The molecule has 0 saturated heterocycles. The summed E-state index contributed by atoms with van der Waals surface area (Å²) in [6, 6.07) is 0. The summed E-state index contributed by atoms with van der Waals surface area (Å²) in [6.07, 6.45) is 5.35. The molecule has 0 atom stereocenters. The van der Waals surface area contributed by atoms with Crippen molar-refractivity contribution in [2.24, 2.45) is 0 Å². The molecule has 76 valence electrons. The van der Waals surface area contributed by atoms with Gasteiger partial charge < -0.3 is 0 Å². The fourth-order valence-corrected chi connectivity index (χ4v) is 1.42. The van der Waals surface area contributed by atoms with E-state index in [1.165, 1.54) is 5.57 Å². The van der Waals surface area contributed by atoms with Crippen molar-refractivity contribution in [2.45, 2.75) is 33.6 Å². The maximum Gasteiger partial charge on any atom is 0.272 e. The van der Waals surface area contributed by atoms with E-state index in [0.717, 1.165) is 24.0 Å². The highest BCUT2D eigenvalue weighted by atomic mass is 16.6. The highest BCUT2D eigenvalue weighted by Gasteiger charge is 2.16. The number of hydrogen-bond donors (Lipinski definition) is 0. The smallest absolute Gasteiger partial charge is 0.258 e. The molecule has 1 aliphatic carbocycles. The molecule has 0 fully saturated rings. The van der Waals surface area contributed by atoms with Gasteiger partial charge in [-0.05, 0) is 33.6 Å². The number of hydrogen-bond acceptors (Lipinski definition) is 2. The average Bonchev–Trinajstić information content (AvgIpc) is 2.12. The van der Waals surface area contributed by atoms with Gasteiger partial charge in [0, 0.05) is 11.6 Å². The SMILES string of the molecule is CC1=CC=C([N+](=O)[O-])C(C)=C(C)CC1. The molecule has 1 aliphatic rings. The first-order valence-corrected chi connectivity index (χ1v) is 4.71. The third kappa shape index (κ3) is 2.31. The van der Waals surface area contributed by atoms with Crippen molar-refractivity contribution in [3.63, 3.8) is 0 Å². The van der Waals surface area contributed by atoms with Crippen LogP contribution in [0.1, 0.15) is 33.6 Å². The van der Waals surface area contributed by atoms with E-state index in [1.807, 2.05) is 26.8 Å². The summed E-state index contributed by atoms with van der Waals surface area (Å²) in [5.41, 5.74) is 3.33. The van der Waals surface area contributed by atoms with Crippen LogP contribution in [-0.2, 0) is 0 Å². The Bertz CT molecular complexity index is 348. The molecule has 0 spiro atoms. The fourth-order valence-electron chi connectivity index (χ4n) is 1.42. The van der Waals surface area contributed by atoms with Crippen molar-refractivity contribution < 1.29 is 4.92 Å². The van der Waals surface area contributed by atoms with E-state index >= 15 is 0 Å². The largest absolute Gasteiger partial charge is 0.272 e. The third-order valence-corrected chi connectivity index (χ3v) is 2.64. The quantitative estimate of drug-likeness (QED) is 0.474. The highest BCUT2D eigenvalue weighted by Crippen LogP contribution is 2.23. The van der Waals surface area contributed by atoms with Gasteiger partial charge in [-0.2, -0.15) is 0 Å². The predicted octanol–water partition coefficient (Wildman–Crippen LogP) is 3.22. The van der Waals surface area contributed by atoms with E-state index in [2.05, 4.69) is 0 Å². The predicted molar refractivity (Wildman–Crippen MR) is 56.4 cm³/mol. The Labute approximate surface area is 84.0 Å². The minimum absolute atomic E-state index is 0.224. The first kappa shape index (κ1) is 10.7. The van der Waals surface area contributed by atoms with Gasteiger partial charge in [0.25, 0.3) is 5.70 Å². The zero-order valence-electron chi connectivity index (χ0n) is 8.83. The van der Waals surface area contributed by atoms with Crippen molar-refractivity contribution >= 4 is 0 Å². The molecule has 0 bridgehead atoms. The molecule has 0 heterocycles. The van der Waals surface area contributed by atoms with Gasteiger partial charge in [0.05, 0.1) is 4.92 Å². The molecule has 3 heteroatoms. The van der Waals surface area contributed by atoms with Crippen LogP contribution in [0.5, 0.6) is 0 Å². The zero-order chi connectivity index (χ0) is 10.7. The summed E-state index contributed by atoms with van der Waals surface area (Å²) in [4.78, 5) is 10.4. The maximum absolute atomic E-state index is 10.8. The van der Waals surface area contributed by atoms with Crippen molar-refractivity contribution in [2.75, 3.05) is 0 Å². The van der Waals surface area contributed by atoms with Crippen molar-refractivity contribution in [3.8, 4) is 0 Å². The summed E-state index contributed by atoms with van der Waals surface area (Å²) in [5.74, 6) is 0. The van der Waals surface area contributed by atoms with E-state index in [4.69, 9.17) is 0 Å². The van der Waals surface area contributed by atoms with E-state index < -0.39 is 0 Å². The second-order valence-corrected chi connectivity index (χ2v) is 3.73. The summed E-state index contributed by atoms with van der Waals surface area (Å²) < 4.78 is 0. The van der Waals surface area contributed by atoms with Crippen LogP contribution >= 0.6 is 0 Å². The molecule has 0 radical (unpaired) electrons. The number of nitrogens with zero attached hydrogens (tertiary/aromatic N) is 1. The van der Waals surface area contributed by atoms with Crippen LogP contribution in [-0.4, -0.2) is 4.92 Å². The van der Waals surface area contributed by atoms with E-state index in [0.29, 0.717) is 0 Å². The second kappa shape index (κ2) is 4.22. The molecule has 14 heavy (non-hydrogen) atoms. The van der Waals surface area contributed by atoms with Crippen LogP contribution in [0.4, 0.5) is 0 Å². The molecule has 0 aromatic heterocycles. The average molecular weight is 193 g/mol. The monoisotopic (exact) mass is 193 g/mol. The van der Waals surface area contributed by atoms with Crippen molar-refractivity contribution in [1.29, 1.82) is 0 Å². The van der Waals surface area contributed by atoms with E-state index in [1.54, 1.807) is 6.08 Å². The van der Waals surface area contributed by atoms with Gasteiger partial charge >= 0.3 is 0 Å². The van der Waals surface area contributed by atoms with E-state index in [9.17, 15) is 10.1 Å². The minimum atomic E-state index is -0.312. The highest BCUT2D eigenvalue weighted by molar-refractivity contribution is 5.33. The summed E-state index contributed by atoms with van der Waals surface area (Å²) >= 11 is 0. The number of rotatable bonds is 1. The molecule has 0 aromatic carbocycles. The van der Waals surface area contributed by atoms with Crippen molar-refractivity contribution in [1.82, 2.24) is 0 Å². The fraction of sp³-hybridized carbons (Fsp3) is 0.455. The molecule has 0 unspecified atom stereocenters. The summed E-state index contributed by atoms with van der Waals surface area (Å²) in [7, 11) is 0. The first-order valence-electron chi connectivity index (χ1n) is 4.71. The van der Waals surface area contributed by atoms with Gasteiger partial charge in [0.1, 0.15) is 0 Å². The van der Waals surface area contributed by atoms with Gasteiger partial charge in [0.2, 0.25) is 0 Å². The van der Waals surface area contributed by atoms with Gasteiger partial charge in [0.15, 0.2) is 0 Å². The Morgan fingerprint density at radius 3 is 2.43 bits per heavy atom. The first-order chi connectivity index (χ1) is 6.52. The summed E-state index contributed by atoms with van der Waals surface area (Å²) in [6.45, 7) is 5.78. The molecular weight excluding hydrogens is 178 g/mol.